The van der Waals surface area contributed by atoms with Crippen LogP contribution < -0.4 is 0 Å². The number of aromatic nitrogens is 1. The van der Waals surface area contributed by atoms with Crippen molar-refractivity contribution in [2.24, 2.45) is 5.92 Å². The Hall–Kier alpha value is -2.14. The van der Waals surface area contributed by atoms with E-state index in [2.05, 4.69) is 4.98 Å². The van der Waals surface area contributed by atoms with Crippen molar-refractivity contribution < 1.29 is 13.6 Å². The fourth-order valence-corrected chi connectivity index (χ4v) is 3.04. The topological polar surface area (TPSA) is 33.2 Å². The Balaban J connectivity index is 1.69. The van der Waals surface area contributed by atoms with Gasteiger partial charge in [0.2, 0.25) is 0 Å². The Morgan fingerprint density at radius 3 is 2.87 bits per heavy atom. The number of pyridine rings is 1. The van der Waals surface area contributed by atoms with Crippen molar-refractivity contribution in [3.05, 3.63) is 65.5 Å². The fraction of sp³-hybridized carbons (Fsp3) is 0.333. The van der Waals surface area contributed by atoms with Crippen LogP contribution in [0.2, 0.25) is 0 Å². The molecule has 0 saturated carbocycles. The quantitative estimate of drug-likeness (QED) is 0.810. The molecule has 3 rings (SSSR count). The fourth-order valence-electron chi connectivity index (χ4n) is 3.04. The van der Waals surface area contributed by atoms with Crippen LogP contribution in [-0.2, 0) is 6.54 Å². The van der Waals surface area contributed by atoms with E-state index in [9.17, 15) is 13.6 Å². The third kappa shape index (κ3) is 3.62. The predicted molar refractivity (Wildman–Crippen MR) is 82.9 cm³/mol. The van der Waals surface area contributed by atoms with Gasteiger partial charge < -0.3 is 0 Å². The van der Waals surface area contributed by atoms with Crippen LogP contribution >= 0.6 is 0 Å². The molecule has 0 bridgehead atoms. The molecule has 0 spiro atoms. The lowest BCUT2D eigenvalue weighted by Crippen LogP contribution is -2.38. The van der Waals surface area contributed by atoms with Gasteiger partial charge in [0.05, 0.1) is 0 Å². The lowest BCUT2D eigenvalue weighted by atomic mass is 9.91. The molecule has 1 saturated heterocycles. The van der Waals surface area contributed by atoms with E-state index < -0.39 is 11.6 Å². The molecule has 1 fully saturated rings. The van der Waals surface area contributed by atoms with Crippen molar-refractivity contribution in [3.8, 4) is 0 Å². The van der Waals surface area contributed by atoms with E-state index in [4.69, 9.17) is 0 Å². The van der Waals surface area contributed by atoms with Crippen molar-refractivity contribution in [2.45, 2.75) is 19.4 Å². The molecule has 2 aromatic rings. The van der Waals surface area contributed by atoms with Gasteiger partial charge in [0.25, 0.3) is 0 Å². The highest BCUT2D eigenvalue weighted by atomic mass is 19.2. The number of Topliss-reactive ketones (excluding diaryl/α,β-unsaturated/α-hetero) is 1. The molecule has 3 nitrogen and oxygen atoms in total. The van der Waals surface area contributed by atoms with E-state index in [-0.39, 0.29) is 11.7 Å². The molecule has 0 aliphatic carbocycles. The molecule has 2 heterocycles. The molecular formula is C18H18F2N2O. The van der Waals surface area contributed by atoms with E-state index in [0.717, 1.165) is 25.5 Å². The van der Waals surface area contributed by atoms with E-state index in [0.29, 0.717) is 24.3 Å². The van der Waals surface area contributed by atoms with Crippen LogP contribution in [-0.4, -0.2) is 28.8 Å². The van der Waals surface area contributed by atoms with E-state index >= 15 is 0 Å². The Bertz CT molecular complexity index is 691. The molecular weight excluding hydrogens is 298 g/mol. The summed E-state index contributed by atoms with van der Waals surface area (Å²) < 4.78 is 27.1. The van der Waals surface area contributed by atoms with Gasteiger partial charge in [-0.3, -0.25) is 14.7 Å². The van der Waals surface area contributed by atoms with Gasteiger partial charge in [-0.1, -0.05) is 18.2 Å². The highest BCUT2D eigenvalue weighted by Gasteiger charge is 2.27. The summed E-state index contributed by atoms with van der Waals surface area (Å²) in [5.74, 6) is -1.75. The van der Waals surface area contributed by atoms with Crippen molar-refractivity contribution in [3.63, 3.8) is 0 Å². The summed E-state index contributed by atoms with van der Waals surface area (Å²) in [4.78, 5) is 18.6. The van der Waals surface area contributed by atoms with Gasteiger partial charge in [0, 0.05) is 30.8 Å². The molecule has 0 unspecified atom stereocenters. The molecule has 0 amide bonds. The first-order chi connectivity index (χ1) is 11.1. The number of carbonyl (C=O) groups is 1. The highest BCUT2D eigenvalue weighted by molar-refractivity contribution is 5.96. The minimum Gasteiger partial charge on any atom is -0.298 e. The van der Waals surface area contributed by atoms with E-state index in [1.165, 1.54) is 6.07 Å². The van der Waals surface area contributed by atoms with Crippen molar-refractivity contribution >= 4 is 5.78 Å². The molecule has 23 heavy (non-hydrogen) atoms. The van der Waals surface area contributed by atoms with Crippen molar-refractivity contribution in [1.82, 2.24) is 9.88 Å². The van der Waals surface area contributed by atoms with Crippen LogP contribution in [0.1, 0.15) is 28.9 Å². The number of likely N-dealkylation sites (tertiary alicyclic amines) is 1. The van der Waals surface area contributed by atoms with Gasteiger partial charge in [-0.15, -0.1) is 0 Å². The summed E-state index contributed by atoms with van der Waals surface area (Å²) in [7, 11) is 0. The molecule has 1 aliphatic rings. The van der Waals surface area contributed by atoms with Crippen molar-refractivity contribution in [1.29, 1.82) is 0 Å². The van der Waals surface area contributed by atoms with E-state index in [1.54, 1.807) is 30.5 Å². The zero-order valence-corrected chi connectivity index (χ0v) is 12.7. The number of hydrogen-bond donors (Lipinski definition) is 0. The number of benzene rings is 1. The van der Waals surface area contributed by atoms with Gasteiger partial charge >= 0.3 is 0 Å². The molecule has 1 aromatic heterocycles. The average molecular weight is 316 g/mol. The van der Waals surface area contributed by atoms with Crippen LogP contribution in [0.25, 0.3) is 0 Å². The Morgan fingerprint density at radius 2 is 2.09 bits per heavy atom. The Morgan fingerprint density at radius 1 is 1.22 bits per heavy atom. The molecule has 0 radical (unpaired) electrons. The summed E-state index contributed by atoms with van der Waals surface area (Å²) in [6.45, 7) is 1.64. The molecule has 1 atom stereocenters. The third-order valence-corrected chi connectivity index (χ3v) is 4.22. The van der Waals surface area contributed by atoms with E-state index in [1.807, 2.05) is 4.90 Å². The SMILES string of the molecule is O=C(c1ccccn1)[C@H]1CCCN(Cc2cccc(F)c2F)C1. The Kier molecular flexibility index (Phi) is 4.76. The molecule has 1 aliphatic heterocycles. The zero-order valence-electron chi connectivity index (χ0n) is 12.7. The van der Waals surface area contributed by atoms with Crippen LogP contribution in [0.15, 0.2) is 42.6 Å². The second-order valence-electron chi connectivity index (χ2n) is 5.87. The number of nitrogens with zero attached hydrogens (tertiary/aromatic N) is 2. The second-order valence-corrected chi connectivity index (χ2v) is 5.87. The maximum Gasteiger partial charge on any atom is 0.185 e. The number of hydrogen-bond acceptors (Lipinski definition) is 3. The minimum absolute atomic E-state index is 0.0232. The number of piperidine rings is 1. The summed E-state index contributed by atoms with van der Waals surface area (Å²) in [6, 6.07) is 9.49. The minimum atomic E-state index is -0.833. The van der Waals surface area contributed by atoms with Gasteiger partial charge in [0.1, 0.15) is 5.69 Å². The molecule has 1 aromatic carbocycles. The standard InChI is InChI=1S/C18H18F2N2O/c19-15-7-3-5-13(17(15)20)11-22-10-4-6-14(12-22)18(23)16-8-1-2-9-21-16/h1-3,5,7-9,14H,4,6,10-12H2/t14-/m0/s1. The molecule has 120 valence electrons. The number of ketones is 1. The highest BCUT2D eigenvalue weighted by Crippen LogP contribution is 2.23. The summed E-state index contributed by atoms with van der Waals surface area (Å²) >= 11 is 0. The summed E-state index contributed by atoms with van der Waals surface area (Å²) in [5, 5.41) is 0. The zero-order chi connectivity index (χ0) is 16.2. The monoisotopic (exact) mass is 316 g/mol. The largest absolute Gasteiger partial charge is 0.298 e. The normalized spacial score (nSPS) is 18.8. The van der Waals surface area contributed by atoms with Crippen LogP contribution in [0.5, 0.6) is 0 Å². The van der Waals surface area contributed by atoms with Crippen LogP contribution in [0, 0.1) is 17.6 Å². The maximum atomic E-state index is 13.8. The van der Waals surface area contributed by atoms with Crippen molar-refractivity contribution in [2.75, 3.05) is 13.1 Å². The summed E-state index contributed by atoms with van der Waals surface area (Å²) in [5.41, 5.74) is 0.798. The van der Waals surface area contributed by atoms with Gasteiger partial charge in [-0.25, -0.2) is 8.78 Å². The third-order valence-electron chi connectivity index (χ3n) is 4.22. The summed E-state index contributed by atoms with van der Waals surface area (Å²) in [6.07, 6.45) is 3.27. The number of carbonyl (C=O) groups excluding carboxylic acids is 1. The van der Waals surface area contributed by atoms with Gasteiger partial charge in [-0.2, -0.15) is 0 Å². The lowest BCUT2D eigenvalue weighted by Gasteiger charge is -2.31. The smallest absolute Gasteiger partial charge is 0.185 e. The first-order valence-electron chi connectivity index (χ1n) is 7.75. The van der Waals surface area contributed by atoms with Crippen LogP contribution in [0.3, 0.4) is 0 Å². The van der Waals surface area contributed by atoms with Gasteiger partial charge in [-0.05, 0) is 37.6 Å². The van der Waals surface area contributed by atoms with Crippen LogP contribution in [0.4, 0.5) is 8.78 Å². The molecule has 0 N–H and O–H groups in total. The predicted octanol–water partition coefficient (Wildman–Crippen LogP) is 3.45. The average Bonchev–Trinajstić information content (AvgIpc) is 2.59. The Labute approximate surface area is 134 Å². The maximum absolute atomic E-state index is 13.8. The number of rotatable bonds is 4. The van der Waals surface area contributed by atoms with Gasteiger partial charge in [0.15, 0.2) is 17.4 Å². The first kappa shape index (κ1) is 15.7. The lowest BCUT2D eigenvalue weighted by molar-refractivity contribution is 0.0805. The molecule has 5 heteroatoms. The number of halogens is 2. The second kappa shape index (κ2) is 6.96. The first-order valence-corrected chi connectivity index (χ1v) is 7.75.